The van der Waals surface area contributed by atoms with E-state index in [1.165, 1.54) is 0 Å². The van der Waals surface area contributed by atoms with Gasteiger partial charge >= 0.3 is 0 Å². The van der Waals surface area contributed by atoms with Crippen LogP contribution in [-0.4, -0.2) is 53.6 Å². The Morgan fingerprint density at radius 3 is 2.78 bits per heavy atom. The van der Waals surface area contributed by atoms with Gasteiger partial charge in [-0.15, -0.1) is 0 Å². The summed E-state index contributed by atoms with van der Waals surface area (Å²) in [4.78, 5) is 17.3. The van der Waals surface area contributed by atoms with Crippen LogP contribution in [0.4, 0.5) is 0 Å². The van der Waals surface area contributed by atoms with Gasteiger partial charge in [0, 0.05) is 17.8 Å². The van der Waals surface area contributed by atoms with Crippen LogP contribution in [0, 0.1) is 0 Å². The summed E-state index contributed by atoms with van der Waals surface area (Å²) < 4.78 is 9.69. The maximum Gasteiger partial charge on any atom is 0.251 e. The number of fused-ring (bicyclic) bond motifs is 2. The second-order valence-corrected chi connectivity index (χ2v) is 8.66. The first-order chi connectivity index (χ1) is 15.7. The third-order valence-electron chi connectivity index (χ3n) is 6.20. The number of aliphatic hydroxyl groups is 1. The number of benzene rings is 1. The number of carbonyl (C=O) groups excluding carboxylic acids is 1. The number of rotatable bonds is 5. The lowest BCUT2D eigenvalue weighted by Gasteiger charge is -2.26. The number of carbonyl (C=O) groups is 1. The molecule has 2 N–H and O–H groups in total. The second kappa shape index (κ2) is 7.59. The average Bonchev–Trinajstić information content (AvgIpc) is 3.42. The van der Waals surface area contributed by atoms with Gasteiger partial charge in [0.05, 0.1) is 23.2 Å². The Morgan fingerprint density at radius 1 is 1.12 bits per heavy atom. The second-order valence-electron chi connectivity index (χ2n) is 8.66. The summed E-state index contributed by atoms with van der Waals surface area (Å²) in [6.07, 6.45) is 8.39. The molecule has 1 aromatic carbocycles. The van der Waals surface area contributed by atoms with Crippen LogP contribution in [0.15, 0.2) is 42.7 Å². The Bertz CT molecular complexity index is 1300. The Morgan fingerprint density at radius 2 is 1.97 bits per heavy atom. The van der Waals surface area contributed by atoms with Crippen LogP contribution in [0.3, 0.4) is 0 Å². The fourth-order valence-corrected chi connectivity index (χ4v) is 4.27. The first kappa shape index (κ1) is 19.2. The Kier molecular flexibility index (Phi) is 4.57. The minimum Gasteiger partial charge on any atom is -0.474 e. The fourth-order valence-electron chi connectivity index (χ4n) is 4.27. The smallest absolute Gasteiger partial charge is 0.251 e. The number of ether oxygens (including phenoxy) is 1. The fraction of sp³-hybridized carbons (Fsp3) is 0.391. The van der Waals surface area contributed by atoms with Gasteiger partial charge in [-0.05, 0) is 68.9 Å². The van der Waals surface area contributed by atoms with Crippen LogP contribution in [0.25, 0.3) is 22.4 Å². The summed E-state index contributed by atoms with van der Waals surface area (Å²) in [5.41, 5.74) is 2.03. The minimum absolute atomic E-state index is 0.0933. The Balaban J connectivity index is 1.37. The van der Waals surface area contributed by atoms with Gasteiger partial charge < -0.3 is 15.2 Å². The van der Waals surface area contributed by atoms with E-state index in [1.54, 1.807) is 27.7 Å². The highest BCUT2D eigenvalue weighted by Gasteiger charge is 2.28. The maximum absolute atomic E-state index is 12.9. The molecule has 2 aliphatic carbocycles. The van der Waals surface area contributed by atoms with Crippen LogP contribution in [0.1, 0.15) is 48.9 Å². The molecule has 3 aromatic heterocycles. The number of imidazole rings is 1. The summed E-state index contributed by atoms with van der Waals surface area (Å²) >= 11 is 0. The number of aromatic nitrogens is 5. The van der Waals surface area contributed by atoms with Crippen molar-refractivity contribution in [3.63, 3.8) is 0 Å². The lowest BCUT2D eigenvalue weighted by molar-refractivity contribution is 0.0868. The first-order valence-corrected chi connectivity index (χ1v) is 11.1. The zero-order chi connectivity index (χ0) is 21.7. The van der Waals surface area contributed by atoms with Crippen molar-refractivity contribution in [2.45, 2.75) is 56.8 Å². The summed E-state index contributed by atoms with van der Waals surface area (Å²) in [7, 11) is 0. The molecule has 1 amide bonds. The van der Waals surface area contributed by atoms with Gasteiger partial charge in [-0.1, -0.05) is 0 Å². The third kappa shape index (κ3) is 3.48. The third-order valence-corrected chi connectivity index (χ3v) is 6.20. The topological polar surface area (TPSA) is 107 Å². The maximum atomic E-state index is 12.9. The van der Waals surface area contributed by atoms with Gasteiger partial charge in [-0.25, -0.2) is 4.98 Å². The van der Waals surface area contributed by atoms with Crippen LogP contribution in [0.2, 0.25) is 0 Å². The van der Waals surface area contributed by atoms with Gasteiger partial charge in [0.15, 0.2) is 11.5 Å². The normalized spacial score (nSPS) is 21.2. The van der Waals surface area contributed by atoms with Crippen molar-refractivity contribution in [2.24, 2.45) is 0 Å². The van der Waals surface area contributed by atoms with E-state index in [0.29, 0.717) is 17.3 Å². The van der Waals surface area contributed by atoms with Crippen molar-refractivity contribution in [2.75, 3.05) is 0 Å². The molecule has 3 heterocycles. The lowest BCUT2D eigenvalue weighted by Crippen LogP contribution is -2.38. The van der Waals surface area contributed by atoms with Crippen LogP contribution in [0.5, 0.6) is 5.88 Å². The van der Waals surface area contributed by atoms with Gasteiger partial charge in [0.2, 0.25) is 5.88 Å². The lowest BCUT2D eigenvalue weighted by atomic mass is 9.93. The highest BCUT2D eigenvalue weighted by atomic mass is 16.5. The van der Waals surface area contributed by atoms with E-state index in [0.717, 1.165) is 55.1 Å². The number of nitrogens with one attached hydrogen (secondary N) is 1. The number of aliphatic hydroxyl groups excluding tert-OH is 1. The molecular weight excluding hydrogens is 408 g/mol. The number of hydrogen-bond acceptors (Lipinski definition) is 6. The van der Waals surface area contributed by atoms with Crippen molar-refractivity contribution in [3.05, 3.63) is 48.3 Å². The van der Waals surface area contributed by atoms with E-state index in [1.807, 2.05) is 24.3 Å². The molecule has 0 radical (unpaired) electrons. The highest BCUT2D eigenvalue weighted by Crippen LogP contribution is 2.35. The summed E-state index contributed by atoms with van der Waals surface area (Å²) in [6.45, 7) is 0. The molecule has 0 atom stereocenters. The predicted molar refractivity (Wildman–Crippen MR) is 117 cm³/mol. The summed E-state index contributed by atoms with van der Waals surface area (Å²) in [5, 5.41) is 22.7. The van der Waals surface area contributed by atoms with E-state index < -0.39 is 0 Å². The summed E-state index contributed by atoms with van der Waals surface area (Å²) in [6, 6.07) is 9.30. The molecule has 32 heavy (non-hydrogen) atoms. The molecule has 0 bridgehead atoms. The number of hydrogen-bond donors (Lipinski definition) is 2. The molecule has 2 saturated carbocycles. The van der Waals surface area contributed by atoms with Gasteiger partial charge in [0.25, 0.3) is 5.91 Å². The molecular formula is C23H24N6O3. The van der Waals surface area contributed by atoms with Crippen LogP contribution < -0.4 is 10.1 Å². The van der Waals surface area contributed by atoms with Crippen molar-refractivity contribution in [1.82, 2.24) is 29.7 Å². The average molecular weight is 432 g/mol. The van der Waals surface area contributed by atoms with Gasteiger partial charge in [-0.2, -0.15) is 19.4 Å². The first-order valence-electron chi connectivity index (χ1n) is 11.1. The molecule has 2 fully saturated rings. The SMILES string of the molecule is O=C(NC1CCC(O)CC1)c1ccc2nn(-c3cnc4cccnn34)c(OC3CC3)c2c1. The van der Waals surface area contributed by atoms with E-state index in [-0.39, 0.29) is 24.2 Å². The zero-order valence-electron chi connectivity index (χ0n) is 17.5. The minimum atomic E-state index is -0.249. The van der Waals surface area contributed by atoms with Gasteiger partial charge in [0.1, 0.15) is 6.10 Å². The van der Waals surface area contributed by atoms with Gasteiger partial charge in [-0.3, -0.25) is 4.79 Å². The van der Waals surface area contributed by atoms with Crippen molar-refractivity contribution in [1.29, 1.82) is 0 Å². The largest absolute Gasteiger partial charge is 0.474 e. The van der Waals surface area contributed by atoms with E-state index >= 15 is 0 Å². The van der Waals surface area contributed by atoms with Crippen LogP contribution in [-0.2, 0) is 0 Å². The highest BCUT2D eigenvalue weighted by molar-refractivity contribution is 5.99. The van der Waals surface area contributed by atoms with Crippen molar-refractivity contribution < 1.29 is 14.6 Å². The molecule has 9 heteroatoms. The number of amides is 1. The molecule has 9 nitrogen and oxygen atoms in total. The van der Waals surface area contributed by atoms with Crippen LogP contribution >= 0.6 is 0 Å². The molecule has 0 saturated heterocycles. The van der Waals surface area contributed by atoms with E-state index in [4.69, 9.17) is 9.84 Å². The van der Waals surface area contributed by atoms with E-state index in [2.05, 4.69) is 15.4 Å². The Hall–Kier alpha value is -3.46. The van der Waals surface area contributed by atoms with Crippen molar-refractivity contribution in [3.8, 4) is 11.7 Å². The van der Waals surface area contributed by atoms with Crippen molar-refractivity contribution >= 4 is 22.5 Å². The molecule has 0 spiro atoms. The molecule has 164 valence electrons. The molecule has 0 unspecified atom stereocenters. The molecule has 6 rings (SSSR count). The molecule has 0 aliphatic heterocycles. The molecule has 4 aromatic rings. The predicted octanol–water partition coefficient (Wildman–Crippen LogP) is 2.64. The quantitative estimate of drug-likeness (QED) is 0.502. The van der Waals surface area contributed by atoms with E-state index in [9.17, 15) is 9.90 Å². The zero-order valence-corrected chi connectivity index (χ0v) is 17.5. The number of nitrogens with zero attached hydrogens (tertiary/aromatic N) is 5. The monoisotopic (exact) mass is 432 g/mol. The Labute approximate surface area is 184 Å². The molecule has 2 aliphatic rings. The standard InChI is InChI=1S/C23H24N6O3/c30-16-6-4-15(5-7-16)26-22(31)14-3-10-19-18(12-14)23(32-17-8-9-17)29(27-19)21-13-24-20-2-1-11-25-28(20)21/h1-3,10-13,15-17,30H,4-9H2,(H,26,31). The summed E-state index contributed by atoms with van der Waals surface area (Å²) in [5.74, 6) is 1.17.